The van der Waals surface area contributed by atoms with E-state index >= 15 is 0 Å². The number of aromatic nitrogens is 4. The number of imidazole rings is 1. The van der Waals surface area contributed by atoms with Crippen LogP contribution >= 0.6 is 0 Å². The van der Waals surface area contributed by atoms with E-state index in [1.54, 1.807) is 0 Å². The zero-order valence-electron chi connectivity index (χ0n) is 16.9. The molecule has 0 saturated carbocycles. The number of nitrogens with zero attached hydrogens (tertiary/aromatic N) is 5. The fourth-order valence-corrected chi connectivity index (χ4v) is 3.05. The van der Waals surface area contributed by atoms with Crippen LogP contribution in [0.25, 0.3) is 11.3 Å². The Bertz CT molecular complexity index is 879. The van der Waals surface area contributed by atoms with Crippen LogP contribution in [0.15, 0.2) is 53.9 Å². The molecule has 0 fully saturated rings. The van der Waals surface area contributed by atoms with Crippen LogP contribution in [0.1, 0.15) is 24.7 Å². The van der Waals surface area contributed by atoms with Gasteiger partial charge in [-0.1, -0.05) is 30.3 Å². The lowest BCUT2D eigenvalue weighted by Gasteiger charge is -2.21. The van der Waals surface area contributed by atoms with Gasteiger partial charge in [0.05, 0.1) is 24.6 Å². The fourth-order valence-electron chi connectivity index (χ4n) is 3.05. The van der Waals surface area contributed by atoms with E-state index < -0.39 is 0 Å². The summed E-state index contributed by atoms with van der Waals surface area (Å²) >= 11 is 0. The van der Waals surface area contributed by atoms with Crippen LogP contribution in [0.3, 0.4) is 0 Å². The highest BCUT2D eigenvalue weighted by atomic mass is 15.3. The zero-order chi connectivity index (χ0) is 19.8. The van der Waals surface area contributed by atoms with Crippen molar-refractivity contribution in [3.63, 3.8) is 0 Å². The highest BCUT2D eigenvalue weighted by Gasteiger charge is 2.10. The smallest absolute Gasteiger partial charge is 0.194 e. The normalized spacial score (nSPS) is 11.6. The van der Waals surface area contributed by atoms with Crippen molar-refractivity contribution < 1.29 is 0 Å². The number of rotatable bonds is 8. The zero-order valence-corrected chi connectivity index (χ0v) is 16.9. The Morgan fingerprint density at radius 3 is 2.79 bits per heavy atom. The molecule has 0 aliphatic rings. The molecular weight excluding hydrogens is 350 g/mol. The Morgan fingerprint density at radius 2 is 2.07 bits per heavy atom. The Hall–Kier alpha value is -3.09. The van der Waals surface area contributed by atoms with Gasteiger partial charge in [-0.3, -0.25) is 9.67 Å². The molecule has 2 heterocycles. The summed E-state index contributed by atoms with van der Waals surface area (Å²) in [6.45, 7) is 4.36. The third-order valence-corrected chi connectivity index (χ3v) is 4.44. The number of nitrogens with one attached hydrogen (secondary N) is 2. The van der Waals surface area contributed by atoms with Crippen LogP contribution in [-0.2, 0) is 20.0 Å². The van der Waals surface area contributed by atoms with Gasteiger partial charge in [-0.15, -0.1) is 0 Å². The van der Waals surface area contributed by atoms with E-state index in [1.807, 2.05) is 49.4 Å². The predicted octanol–water partition coefficient (Wildman–Crippen LogP) is 2.84. The highest BCUT2D eigenvalue weighted by molar-refractivity contribution is 5.79. The van der Waals surface area contributed by atoms with Gasteiger partial charge in [0.2, 0.25) is 0 Å². The number of aryl methyl sites for hydroxylation is 2. The molecule has 3 aromatic rings. The van der Waals surface area contributed by atoms with E-state index in [0.29, 0.717) is 6.54 Å². The van der Waals surface area contributed by atoms with Crippen LogP contribution in [0.2, 0.25) is 0 Å². The summed E-state index contributed by atoms with van der Waals surface area (Å²) < 4.78 is 1.84. The summed E-state index contributed by atoms with van der Waals surface area (Å²) in [7, 11) is 3.98. The average Bonchev–Trinajstić information content (AvgIpc) is 3.34. The maximum atomic E-state index is 4.76. The Labute approximate surface area is 166 Å². The van der Waals surface area contributed by atoms with Crippen molar-refractivity contribution in [1.82, 2.24) is 30.0 Å². The highest BCUT2D eigenvalue weighted by Crippen LogP contribution is 2.16. The first-order chi connectivity index (χ1) is 13.7. The summed E-state index contributed by atoms with van der Waals surface area (Å²) in [5.41, 5.74) is 3.42. The quantitative estimate of drug-likeness (QED) is 0.359. The lowest BCUT2D eigenvalue weighted by atomic mass is 10.2. The van der Waals surface area contributed by atoms with Gasteiger partial charge in [0.25, 0.3) is 0 Å². The van der Waals surface area contributed by atoms with E-state index in [0.717, 1.165) is 49.0 Å². The SMILES string of the molecule is CCNC(=NCCCc1cnn(C)c1)N(C)Cc1ncc(-c2ccccc2)[nH]1. The van der Waals surface area contributed by atoms with Crippen LogP contribution < -0.4 is 5.32 Å². The molecular formula is C21H29N7. The van der Waals surface area contributed by atoms with Crippen molar-refractivity contribution in [1.29, 1.82) is 0 Å². The van der Waals surface area contributed by atoms with Gasteiger partial charge < -0.3 is 15.2 Å². The number of hydrogen-bond donors (Lipinski definition) is 2. The Balaban J connectivity index is 1.56. The Kier molecular flexibility index (Phi) is 6.84. The second kappa shape index (κ2) is 9.73. The van der Waals surface area contributed by atoms with Gasteiger partial charge in [-0.25, -0.2) is 4.98 Å². The number of guanidine groups is 1. The van der Waals surface area contributed by atoms with Crippen molar-refractivity contribution in [2.24, 2.45) is 12.0 Å². The van der Waals surface area contributed by atoms with Crippen molar-refractivity contribution in [3.05, 3.63) is 60.3 Å². The van der Waals surface area contributed by atoms with Crippen molar-refractivity contribution >= 4 is 5.96 Å². The number of hydrogen-bond acceptors (Lipinski definition) is 3. The van der Waals surface area contributed by atoms with Gasteiger partial charge in [0.15, 0.2) is 5.96 Å². The maximum Gasteiger partial charge on any atom is 0.194 e. The van der Waals surface area contributed by atoms with Crippen LogP contribution in [0, 0.1) is 0 Å². The standard InChI is InChI=1S/C21H29N7/c1-4-22-21(23-12-8-9-17-13-25-28(3)15-17)27(2)16-20-24-14-19(26-20)18-10-6-5-7-11-18/h5-7,10-11,13-15H,4,8-9,12,16H2,1-3H3,(H,22,23)(H,24,26). The summed E-state index contributed by atoms with van der Waals surface area (Å²) in [6, 6.07) is 10.2. The van der Waals surface area contributed by atoms with E-state index in [9.17, 15) is 0 Å². The van der Waals surface area contributed by atoms with E-state index in [4.69, 9.17) is 4.99 Å². The molecule has 7 heteroatoms. The van der Waals surface area contributed by atoms with Crippen molar-refractivity contribution in [2.45, 2.75) is 26.3 Å². The van der Waals surface area contributed by atoms with Crippen LogP contribution in [-0.4, -0.2) is 50.7 Å². The third-order valence-electron chi connectivity index (χ3n) is 4.44. The van der Waals surface area contributed by atoms with Crippen LogP contribution in [0.5, 0.6) is 0 Å². The molecule has 148 valence electrons. The number of H-pyrrole nitrogens is 1. The molecule has 0 bridgehead atoms. The third kappa shape index (κ3) is 5.45. The molecule has 3 rings (SSSR count). The Morgan fingerprint density at radius 1 is 1.25 bits per heavy atom. The molecule has 28 heavy (non-hydrogen) atoms. The lowest BCUT2D eigenvalue weighted by molar-refractivity contribution is 0.464. The molecule has 0 spiro atoms. The molecule has 0 amide bonds. The molecule has 0 radical (unpaired) electrons. The largest absolute Gasteiger partial charge is 0.357 e. The lowest BCUT2D eigenvalue weighted by Crippen LogP contribution is -2.38. The van der Waals surface area contributed by atoms with Gasteiger partial charge in [0.1, 0.15) is 5.82 Å². The molecule has 0 saturated heterocycles. The molecule has 0 atom stereocenters. The average molecular weight is 380 g/mol. The molecule has 1 aromatic carbocycles. The van der Waals surface area contributed by atoms with E-state index in [-0.39, 0.29) is 0 Å². The van der Waals surface area contributed by atoms with Crippen molar-refractivity contribution in [3.8, 4) is 11.3 Å². The minimum Gasteiger partial charge on any atom is -0.357 e. The maximum absolute atomic E-state index is 4.76. The second-order valence-corrected chi connectivity index (χ2v) is 6.83. The minimum atomic E-state index is 0.668. The number of aliphatic imine (C=N–C) groups is 1. The summed E-state index contributed by atoms with van der Waals surface area (Å²) in [5.74, 6) is 1.81. The second-order valence-electron chi connectivity index (χ2n) is 6.83. The van der Waals surface area contributed by atoms with Gasteiger partial charge in [-0.05, 0) is 30.9 Å². The monoisotopic (exact) mass is 379 g/mol. The van der Waals surface area contributed by atoms with Crippen LogP contribution in [0.4, 0.5) is 0 Å². The van der Waals surface area contributed by atoms with Gasteiger partial charge in [-0.2, -0.15) is 5.10 Å². The van der Waals surface area contributed by atoms with E-state index in [2.05, 4.69) is 50.5 Å². The fraction of sp³-hybridized carbons (Fsp3) is 0.381. The topological polar surface area (TPSA) is 74.1 Å². The van der Waals surface area contributed by atoms with E-state index in [1.165, 1.54) is 5.56 Å². The molecule has 2 N–H and O–H groups in total. The molecule has 2 aromatic heterocycles. The first-order valence-electron chi connectivity index (χ1n) is 9.72. The molecule has 0 aliphatic heterocycles. The number of aromatic amines is 1. The number of benzene rings is 1. The molecule has 0 unspecified atom stereocenters. The molecule has 7 nitrogen and oxygen atoms in total. The van der Waals surface area contributed by atoms with Gasteiger partial charge >= 0.3 is 0 Å². The predicted molar refractivity (Wildman–Crippen MR) is 113 cm³/mol. The molecule has 0 aliphatic carbocycles. The summed E-state index contributed by atoms with van der Waals surface area (Å²) in [5, 5.41) is 7.57. The first kappa shape index (κ1) is 19.7. The first-order valence-corrected chi connectivity index (χ1v) is 9.72. The van der Waals surface area contributed by atoms with Crippen molar-refractivity contribution in [2.75, 3.05) is 20.1 Å². The summed E-state index contributed by atoms with van der Waals surface area (Å²) in [4.78, 5) is 14.8. The van der Waals surface area contributed by atoms with Gasteiger partial charge in [0, 0.05) is 33.4 Å². The summed E-state index contributed by atoms with van der Waals surface area (Å²) in [6.07, 6.45) is 7.84. The minimum absolute atomic E-state index is 0.668.